The molecule has 0 saturated heterocycles. The summed E-state index contributed by atoms with van der Waals surface area (Å²) in [6.07, 6.45) is 6.51. The number of imide groups is 1. The van der Waals surface area contributed by atoms with E-state index in [0.29, 0.717) is 0 Å². The van der Waals surface area contributed by atoms with Crippen LogP contribution in [0.25, 0.3) is 0 Å². The Morgan fingerprint density at radius 1 is 1.28 bits per heavy atom. The van der Waals surface area contributed by atoms with Crippen LogP contribution in [0.3, 0.4) is 0 Å². The summed E-state index contributed by atoms with van der Waals surface area (Å²) in [4.78, 5) is 32.7. The van der Waals surface area contributed by atoms with Crippen LogP contribution >= 0.6 is 0 Å². The van der Waals surface area contributed by atoms with Crippen LogP contribution in [0, 0.1) is 0 Å². The number of allylic oxidation sites excluding steroid dienone is 1. The zero-order chi connectivity index (χ0) is 13.4. The highest BCUT2D eigenvalue weighted by molar-refractivity contribution is 5.95. The highest BCUT2D eigenvalue weighted by atomic mass is 16.5. The third-order valence-corrected chi connectivity index (χ3v) is 2.32. The van der Waals surface area contributed by atoms with Crippen molar-refractivity contribution in [3.05, 3.63) is 12.2 Å². The van der Waals surface area contributed by atoms with Crippen molar-refractivity contribution in [3.63, 3.8) is 0 Å². The lowest BCUT2D eigenvalue weighted by atomic mass is 10.0. The molecule has 1 aliphatic rings. The molecule has 1 unspecified atom stereocenters. The minimum atomic E-state index is -1.17. The molecule has 7 heteroatoms. The highest BCUT2D eigenvalue weighted by Crippen LogP contribution is 2.09. The first kappa shape index (κ1) is 14.2. The minimum Gasteiger partial charge on any atom is -0.480 e. The monoisotopic (exact) mass is 256 g/mol. The summed E-state index contributed by atoms with van der Waals surface area (Å²) in [5.41, 5.74) is 0. The standard InChI is InChI=1S/C11H16N2O5/c14-9(6-18-7-10(15)16)13-11(17)12-8-4-2-1-3-5-8/h1-2,8H,3-7H2,(H,15,16)(H2,12,13,14,17). The molecule has 1 aliphatic carbocycles. The van der Waals surface area contributed by atoms with E-state index in [0.717, 1.165) is 19.3 Å². The van der Waals surface area contributed by atoms with Gasteiger partial charge in [-0.3, -0.25) is 10.1 Å². The van der Waals surface area contributed by atoms with Crippen molar-refractivity contribution >= 4 is 17.9 Å². The Morgan fingerprint density at radius 3 is 2.67 bits per heavy atom. The lowest BCUT2D eigenvalue weighted by Gasteiger charge is -2.19. The van der Waals surface area contributed by atoms with E-state index < -0.39 is 31.1 Å². The SMILES string of the molecule is O=C(O)COCC(=O)NC(=O)NC1CC=CCC1. The predicted molar refractivity (Wildman–Crippen MR) is 61.9 cm³/mol. The largest absolute Gasteiger partial charge is 0.480 e. The first-order valence-corrected chi connectivity index (χ1v) is 5.63. The maximum absolute atomic E-state index is 11.4. The molecule has 1 rings (SSSR count). The Morgan fingerprint density at radius 2 is 2.06 bits per heavy atom. The average Bonchev–Trinajstić information content (AvgIpc) is 2.29. The summed E-state index contributed by atoms with van der Waals surface area (Å²) in [5, 5.41) is 13.0. The van der Waals surface area contributed by atoms with Crippen LogP contribution in [-0.2, 0) is 14.3 Å². The summed E-state index contributed by atoms with van der Waals surface area (Å²) < 4.78 is 4.54. The van der Waals surface area contributed by atoms with Crippen molar-refractivity contribution < 1.29 is 24.2 Å². The molecule has 18 heavy (non-hydrogen) atoms. The Labute approximate surface area is 104 Å². The van der Waals surface area contributed by atoms with E-state index in [9.17, 15) is 14.4 Å². The van der Waals surface area contributed by atoms with E-state index in [1.165, 1.54) is 0 Å². The summed E-state index contributed by atoms with van der Waals surface area (Å²) in [7, 11) is 0. The van der Waals surface area contributed by atoms with E-state index in [1.54, 1.807) is 0 Å². The summed E-state index contributed by atoms with van der Waals surface area (Å²) in [5.74, 6) is -1.83. The van der Waals surface area contributed by atoms with Crippen LogP contribution < -0.4 is 10.6 Å². The molecule has 0 radical (unpaired) electrons. The van der Waals surface area contributed by atoms with Crippen molar-refractivity contribution in [2.45, 2.75) is 25.3 Å². The molecule has 0 aromatic carbocycles. The summed E-state index contributed by atoms with van der Waals surface area (Å²) in [6.45, 7) is -1.02. The molecule has 3 amide bonds. The molecule has 0 aromatic rings. The number of carboxylic acid groups (broad SMARTS) is 1. The quantitative estimate of drug-likeness (QED) is 0.601. The van der Waals surface area contributed by atoms with Crippen molar-refractivity contribution in [2.24, 2.45) is 0 Å². The van der Waals surface area contributed by atoms with Gasteiger partial charge in [0.25, 0.3) is 5.91 Å². The van der Waals surface area contributed by atoms with E-state index >= 15 is 0 Å². The van der Waals surface area contributed by atoms with Crippen LogP contribution in [0.2, 0.25) is 0 Å². The third kappa shape index (κ3) is 6.00. The molecule has 1 atom stereocenters. The van der Waals surface area contributed by atoms with Gasteiger partial charge >= 0.3 is 12.0 Å². The molecule has 0 spiro atoms. The van der Waals surface area contributed by atoms with Crippen LogP contribution in [0.5, 0.6) is 0 Å². The normalized spacial score (nSPS) is 18.1. The second-order valence-electron chi connectivity index (χ2n) is 3.89. The Kier molecular flexibility index (Phi) is 5.86. The highest BCUT2D eigenvalue weighted by Gasteiger charge is 2.14. The lowest BCUT2D eigenvalue weighted by molar-refractivity contribution is -0.143. The van der Waals surface area contributed by atoms with Gasteiger partial charge in [-0.25, -0.2) is 9.59 Å². The molecule has 0 bridgehead atoms. The lowest BCUT2D eigenvalue weighted by Crippen LogP contribution is -2.45. The first-order chi connectivity index (χ1) is 8.58. The average molecular weight is 256 g/mol. The van der Waals surface area contributed by atoms with Crippen LogP contribution in [-0.4, -0.2) is 42.3 Å². The molecule has 3 N–H and O–H groups in total. The number of carbonyl (C=O) groups excluding carboxylic acids is 2. The van der Waals surface area contributed by atoms with Gasteiger partial charge in [-0.15, -0.1) is 0 Å². The zero-order valence-electron chi connectivity index (χ0n) is 9.85. The van der Waals surface area contributed by atoms with Gasteiger partial charge in [-0.1, -0.05) is 12.2 Å². The van der Waals surface area contributed by atoms with Crippen LogP contribution in [0.4, 0.5) is 4.79 Å². The maximum Gasteiger partial charge on any atom is 0.329 e. The van der Waals surface area contributed by atoms with Gasteiger partial charge in [0.15, 0.2) is 0 Å². The van der Waals surface area contributed by atoms with Crippen LogP contribution in [0.15, 0.2) is 12.2 Å². The van der Waals surface area contributed by atoms with Crippen LogP contribution in [0.1, 0.15) is 19.3 Å². The maximum atomic E-state index is 11.4. The van der Waals surface area contributed by atoms with Gasteiger partial charge in [0.05, 0.1) is 0 Å². The number of hydrogen-bond donors (Lipinski definition) is 3. The van der Waals surface area contributed by atoms with Crippen molar-refractivity contribution in [1.29, 1.82) is 0 Å². The van der Waals surface area contributed by atoms with Gasteiger partial charge in [-0.05, 0) is 19.3 Å². The van der Waals surface area contributed by atoms with Crippen molar-refractivity contribution in [2.75, 3.05) is 13.2 Å². The number of carboxylic acids is 1. The molecule has 0 saturated carbocycles. The number of rotatable bonds is 5. The van der Waals surface area contributed by atoms with Crippen molar-refractivity contribution in [1.82, 2.24) is 10.6 Å². The number of ether oxygens (including phenoxy) is 1. The number of urea groups is 1. The predicted octanol–water partition coefficient (Wildman–Crippen LogP) is 0.0221. The first-order valence-electron chi connectivity index (χ1n) is 5.63. The fourth-order valence-corrected chi connectivity index (χ4v) is 1.54. The van der Waals surface area contributed by atoms with Gasteiger partial charge in [0.2, 0.25) is 0 Å². The molecular weight excluding hydrogens is 240 g/mol. The van der Waals surface area contributed by atoms with E-state index in [4.69, 9.17) is 5.11 Å². The molecule has 0 aliphatic heterocycles. The minimum absolute atomic E-state index is 0.0303. The Hall–Kier alpha value is -1.89. The molecule has 0 fully saturated rings. The van der Waals surface area contributed by atoms with E-state index in [2.05, 4.69) is 15.4 Å². The van der Waals surface area contributed by atoms with Gasteiger partial charge < -0.3 is 15.2 Å². The fourth-order valence-electron chi connectivity index (χ4n) is 1.54. The number of nitrogens with one attached hydrogen (secondary N) is 2. The van der Waals surface area contributed by atoms with Gasteiger partial charge in [0.1, 0.15) is 13.2 Å². The molecule has 7 nitrogen and oxygen atoms in total. The number of aliphatic carboxylic acids is 1. The smallest absolute Gasteiger partial charge is 0.329 e. The van der Waals surface area contributed by atoms with E-state index in [1.807, 2.05) is 12.2 Å². The Balaban J connectivity index is 2.16. The summed E-state index contributed by atoms with van der Waals surface area (Å²) in [6, 6.07) is -0.554. The van der Waals surface area contributed by atoms with Gasteiger partial charge in [0, 0.05) is 6.04 Å². The topological polar surface area (TPSA) is 105 Å². The molecule has 0 heterocycles. The van der Waals surface area contributed by atoms with E-state index in [-0.39, 0.29) is 6.04 Å². The second-order valence-corrected chi connectivity index (χ2v) is 3.89. The number of hydrogen-bond acceptors (Lipinski definition) is 4. The summed E-state index contributed by atoms with van der Waals surface area (Å²) >= 11 is 0. The zero-order valence-corrected chi connectivity index (χ0v) is 9.85. The number of carbonyl (C=O) groups is 3. The fraction of sp³-hybridized carbons (Fsp3) is 0.545. The molecule has 100 valence electrons. The molecule has 0 aromatic heterocycles. The Bertz CT molecular complexity index is 353. The van der Waals surface area contributed by atoms with Gasteiger partial charge in [-0.2, -0.15) is 0 Å². The number of amides is 3. The molecular formula is C11H16N2O5. The third-order valence-electron chi connectivity index (χ3n) is 2.32. The van der Waals surface area contributed by atoms with Crippen molar-refractivity contribution in [3.8, 4) is 0 Å². The second kappa shape index (κ2) is 7.44.